The molecular formula is C30H34N8O3. The zero-order valence-electron chi connectivity index (χ0n) is 23.4. The quantitative estimate of drug-likeness (QED) is 0.405. The number of urea groups is 1. The van der Waals surface area contributed by atoms with Gasteiger partial charge in [0.05, 0.1) is 13.2 Å². The Morgan fingerprint density at radius 3 is 2.15 bits per heavy atom. The van der Waals surface area contributed by atoms with Gasteiger partial charge in [0.15, 0.2) is 11.6 Å². The Balaban J connectivity index is 1.16. The fourth-order valence-corrected chi connectivity index (χ4v) is 5.21. The van der Waals surface area contributed by atoms with Crippen molar-refractivity contribution >= 4 is 34.6 Å². The number of benzene rings is 2. The number of piperazine rings is 1. The van der Waals surface area contributed by atoms with E-state index < -0.39 is 0 Å². The summed E-state index contributed by atoms with van der Waals surface area (Å²) in [6, 6.07) is 18.6. The number of anilines is 3. The summed E-state index contributed by atoms with van der Waals surface area (Å²) >= 11 is 0. The van der Waals surface area contributed by atoms with Crippen LogP contribution in [-0.2, 0) is 4.74 Å². The Morgan fingerprint density at radius 1 is 0.854 bits per heavy atom. The highest BCUT2D eigenvalue weighted by Gasteiger charge is 2.22. The molecular weight excluding hydrogens is 520 g/mol. The fraction of sp³-hybridized carbons (Fsp3) is 0.333. The molecule has 0 spiro atoms. The second kappa shape index (κ2) is 11.6. The Morgan fingerprint density at radius 2 is 1.49 bits per heavy atom. The number of fused-ring (bicyclic) bond motifs is 1. The molecule has 6 rings (SSSR count). The van der Waals surface area contributed by atoms with Gasteiger partial charge in [0.2, 0.25) is 0 Å². The predicted molar refractivity (Wildman–Crippen MR) is 159 cm³/mol. The number of nitrogens with zero attached hydrogens (tertiary/aromatic N) is 7. The van der Waals surface area contributed by atoms with E-state index in [1.54, 1.807) is 36.0 Å². The highest BCUT2D eigenvalue weighted by Crippen LogP contribution is 2.27. The Hall–Kier alpha value is -4.48. The number of carbonyl (C=O) groups is 2. The van der Waals surface area contributed by atoms with Crippen LogP contribution in [0.5, 0.6) is 0 Å². The van der Waals surface area contributed by atoms with Gasteiger partial charge in [0.25, 0.3) is 5.91 Å². The van der Waals surface area contributed by atoms with E-state index in [1.807, 2.05) is 64.1 Å². The van der Waals surface area contributed by atoms with Crippen LogP contribution in [0, 0.1) is 0 Å². The van der Waals surface area contributed by atoms with E-state index >= 15 is 0 Å². The van der Waals surface area contributed by atoms with Gasteiger partial charge < -0.3 is 19.9 Å². The lowest BCUT2D eigenvalue weighted by Gasteiger charge is -2.28. The third kappa shape index (κ3) is 5.46. The van der Waals surface area contributed by atoms with Crippen LogP contribution in [0.3, 0.4) is 0 Å². The van der Waals surface area contributed by atoms with Crippen LogP contribution in [-0.4, -0.2) is 98.0 Å². The molecule has 0 radical (unpaired) electrons. The molecule has 0 atom stereocenters. The maximum Gasteiger partial charge on any atom is 0.328 e. The third-order valence-corrected chi connectivity index (χ3v) is 7.67. The summed E-state index contributed by atoms with van der Waals surface area (Å²) < 4.78 is 7.38. The van der Waals surface area contributed by atoms with Crippen molar-refractivity contribution in [3.05, 3.63) is 72.4 Å². The number of morpholine rings is 1. The van der Waals surface area contributed by atoms with Crippen LogP contribution in [0.2, 0.25) is 0 Å². The summed E-state index contributed by atoms with van der Waals surface area (Å²) in [6.45, 7) is 5.93. The van der Waals surface area contributed by atoms with Crippen LogP contribution in [0.4, 0.5) is 22.0 Å². The topological polar surface area (TPSA) is 98.5 Å². The molecule has 41 heavy (non-hydrogen) atoms. The molecule has 3 amide bonds. The standard InChI is InChI=1S/C30H34N8O3/c1-34(30(40)35(2)25-11-7-23(8-12-25)29(39)37-16-13-31-14-17-37)24-9-5-22(6-10-24)27-32-28(36-18-20-41-21-19-36)26-4-3-15-38(26)33-27/h3-12,15,31H,13-14,16-21H2,1-2H3. The molecule has 11 heteroatoms. The number of nitrogens with one attached hydrogen (secondary N) is 1. The summed E-state index contributed by atoms with van der Waals surface area (Å²) in [4.78, 5) is 38.3. The highest BCUT2D eigenvalue weighted by atomic mass is 16.5. The number of hydrogen-bond donors (Lipinski definition) is 1. The first-order valence-corrected chi connectivity index (χ1v) is 13.9. The van der Waals surface area contributed by atoms with Gasteiger partial charge in [-0.1, -0.05) is 0 Å². The lowest BCUT2D eigenvalue weighted by molar-refractivity contribution is 0.0736. The number of amides is 3. The Kier molecular flexibility index (Phi) is 7.53. The van der Waals surface area contributed by atoms with Gasteiger partial charge >= 0.3 is 6.03 Å². The number of hydrogen-bond acceptors (Lipinski definition) is 7. The molecule has 2 aliphatic rings. The molecule has 4 heterocycles. The average Bonchev–Trinajstić information content (AvgIpc) is 3.53. The minimum Gasteiger partial charge on any atom is -0.378 e. The van der Waals surface area contributed by atoms with E-state index in [9.17, 15) is 9.59 Å². The molecule has 11 nitrogen and oxygen atoms in total. The van der Waals surface area contributed by atoms with Crippen LogP contribution in [0.1, 0.15) is 10.4 Å². The van der Waals surface area contributed by atoms with E-state index in [-0.39, 0.29) is 11.9 Å². The number of rotatable bonds is 5. The van der Waals surface area contributed by atoms with Crippen molar-refractivity contribution in [2.45, 2.75) is 0 Å². The number of ether oxygens (including phenoxy) is 1. The van der Waals surface area contributed by atoms with Gasteiger partial charge in [-0.15, -0.1) is 5.10 Å². The van der Waals surface area contributed by atoms with E-state index in [1.165, 1.54) is 0 Å². The van der Waals surface area contributed by atoms with E-state index in [0.717, 1.165) is 48.8 Å². The normalized spacial score (nSPS) is 15.7. The molecule has 2 aromatic carbocycles. The summed E-state index contributed by atoms with van der Waals surface area (Å²) in [6.07, 6.45) is 1.93. The van der Waals surface area contributed by atoms with E-state index in [0.29, 0.717) is 43.4 Å². The summed E-state index contributed by atoms with van der Waals surface area (Å²) in [5, 5.41) is 7.97. The zero-order chi connectivity index (χ0) is 28.3. The molecule has 4 aromatic rings. The molecule has 0 saturated carbocycles. The van der Waals surface area contributed by atoms with Crippen molar-refractivity contribution < 1.29 is 14.3 Å². The largest absolute Gasteiger partial charge is 0.378 e. The molecule has 212 valence electrons. The molecule has 0 unspecified atom stereocenters. The third-order valence-electron chi connectivity index (χ3n) is 7.67. The molecule has 2 aromatic heterocycles. The molecule has 2 saturated heterocycles. The monoisotopic (exact) mass is 554 g/mol. The highest BCUT2D eigenvalue weighted by molar-refractivity contribution is 6.03. The minimum absolute atomic E-state index is 0.0150. The van der Waals surface area contributed by atoms with Crippen molar-refractivity contribution in [1.82, 2.24) is 24.8 Å². The predicted octanol–water partition coefficient (Wildman–Crippen LogP) is 2.97. The maximum absolute atomic E-state index is 13.3. The van der Waals surface area contributed by atoms with Gasteiger partial charge in [0, 0.05) is 82.1 Å². The number of carbonyl (C=O) groups excluding carboxylic acids is 2. The van der Waals surface area contributed by atoms with Crippen molar-refractivity contribution in [3.63, 3.8) is 0 Å². The molecule has 1 N–H and O–H groups in total. The summed E-state index contributed by atoms with van der Waals surface area (Å²) in [5.41, 5.74) is 3.89. The first-order valence-electron chi connectivity index (χ1n) is 13.9. The first-order chi connectivity index (χ1) is 20.0. The van der Waals surface area contributed by atoms with Crippen LogP contribution < -0.4 is 20.0 Å². The Bertz CT molecular complexity index is 1520. The van der Waals surface area contributed by atoms with Crippen LogP contribution in [0.25, 0.3) is 16.9 Å². The maximum atomic E-state index is 13.3. The molecule has 2 aliphatic heterocycles. The van der Waals surface area contributed by atoms with Gasteiger partial charge in [-0.25, -0.2) is 14.3 Å². The summed E-state index contributed by atoms with van der Waals surface area (Å²) in [5.74, 6) is 1.52. The van der Waals surface area contributed by atoms with Crippen LogP contribution >= 0.6 is 0 Å². The lowest BCUT2D eigenvalue weighted by Crippen LogP contribution is -2.46. The summed E-state index contributed by atoms with van der Waals surface area (Å²) in [7, 11) is 3.47. The van der Waals surface area contributed by atoms with Crippen LogP contribution in [0.15, 0.2) is 66.9 Å². The van der Waals surface area contributed by atoms with Gasteiger partial charge in [-0.2, -0.15) is 0 Å². The van der Waals surface area contributed by atoms with Crippen molar-refractivity contribution in [2.75, 3.05) is 81.3 Å². The minimum atomic E-state index is -0.196. The second-order valence-electron chi connectivity index (χ2n) is 10.2. The van der Waals surface area contributed by atoms with E-state index in [4.69, 9.17) is 14.8 Å². The first kappa shape index (κ1) is 26.7. The molecule has 2 fully saturated rings. The average molecular weight is 555 g/mol. The molecule has 0 aliphatic carbocycles. The van der Waals surface area contributed by atoms with Gasteiger partial charge in [0.1, 0.15) is 5.52 Å². The fourth-order valence-electron chi connectivity index (χ4n) is 5.21. The Labute approximate surface area is 238 Å². The SMILES string of the molecule is CN(C(=O)N(C)c1ccc(-c2nc(N3CCOCC3)c3cccn3n2)cc1)c1ccc(C(=O)N2CCNCC2)cc1. The molecule has 0 bridgehead atoms. The number of aromatic nitrogens is 3. The van der Waals surface area contributed by atoms with Gasteiger partial charge in [-0.3, -0.25) is 14.6 Å². The zero-order valence-corrected chi connectivity index (χ0v) is 23.4. The lowest BCUT2D eigenvalue weighted by atomic mass is 10.1. The van der Waals surface area contributed by atoms with Crippen molar-refractivity contribution in [1.29, 1.82) is 0 Å². The van der Waals surface area contributed by atoms with E-state index in [2.05, 4.69) is 10.2 Å². The van der Waals surface area contributed by atoms with Crippen molar-refractivity contribution in [2.24, 2.45) is 0 Å². The van der Waals surface area contributed by atoms with Gasteiger partial charge in [-0.05, 0) is 60.7 Å². The second-order valence-corrected chi connectivity index (χ2v) is 10.2. The van der Waals surface area contributed by atoms with Crippen molar-refractivity contribution in [3.8, 4) is 11.4 Å². The smallest absolute Gasteiger partial charge is 0.328 e.